The van der Waals surface area contributed by atoms with Crippen LogP contribution in [0.2, 0.25) is 0 Å². The first kappa shape index (κ1) is 14.2. The Kier molecular flexibility index (Phi) is 4.21. The van der Waals surface area contributed by atoms with Gasteiger partial charge in [-0.25, -0.2) is 0 Å². The molecule has 1 atom stereocenters. The van der Waals surface area contributed by atoms with Crippen molar-refractivity contribution in [2.24, 2.45) is 0 Å². The van der Waals surface area contributed by atoms with E-state index in [-0.39, 0.29) is 12.0 Å². The molecule has 1 N–H and O–H groups in total. The summed E-state index contributed by atoms with van der Waals surface area (Å²) in [5.41, 5.74) is 0.530. The topological polar surface area (TPSA) is 41.6 Å². The summed E-state index contributed by atoms with van der Waals surface area (Å²) in [5.74, 6) is -0.0741. The van der Waals surface area contributed by atoms with E-state index in [4.69, 9.17) is 17.0 Å². The molecule has 2 aliphatic rings. The average molecular weight is 373 g/mol. The molecule has 0 aliphatic carbocycles. The Hall–Kier alpha value is -0.760. The Labute approximate surface area is 134 Å². The van der Waals surface area contributed by atoms with Crippen LogP contribution in [0.15, 0.2) is 21.6 Å². The maximum Gasteiger partial charge on any atom is 0.276 e. The van der Waals surface area contributed by atoms with Gasteiger partial charge in [0.2, 0.25) is 0 Å². The van der Waals surface area contributed by atoms with E-state index in [0.717, 1.165) is 28.8 Å². The molecule has 3 rings (SSSR count). The second-order valence-corrected chi connectivity index (χ2v) is 6.95. The predicted molar refractivity (Wildman–Crippen MR) is 86.4 cm³/mol. The number of halogens is 1. The van der Waals surface area contributed by atoms with Crippen molar-refractivity contribution >= 4 is 56.6 Å². The molecule has 0 spiro atoms. The highest BCUT2D eigenvalue weighted by molar-refractivity contribution is 9.10. The molecule has 106 valence electrons. The fraction of sp³-hybridized carbons (Fsp3) is 0.385. The van der Waals surface area contributed by atoms with Crippen molar-refractivity contribution < 1.29 is 9.53 Å². The summed E-state index contributed by atoms with van der Waals surface area (Å²) in [5, 5.41) is 5.44. The lowest BCUT2D eigenvalue weighted by molar-refractivity contribution is -0.123. The number of ether oxygens (including phenoxy) is 1. The summed E-state index contributed by atoms with van der Waals surface area (Å²) in [4.78, 5) is 15.0. The molecule has 1 unspecified atom stereocenters. The largest absolute Gasteiger partial charge is 0.376 e. The molecule has 0 saturated carbocycles. The van der Waals surface area contributed by atoms with Crippen LogP contribution in [0.4, 0.5) is 0 Å². The Morgan fingerprint density at radius 3 is 3.15 bits per heavy atom. The zero-order valence-electron chi connectivity index (χ0n) is 10.6. The van der Waals surface area contributed by atoms with Crippen LogP contribution in [0.3, 0.4) is 0 Å². The number of nitrogens with one attached hydrogen (secondary N) is 1. The lowest BCUT2D eigenvalue weighted by Crippen LogP contribution is -2.37. The van der Waals surface area contributed by atoms with Crippen molar-refractivity contribution in [2.45, 2.75) is 18.9 Å². The number of carbonyl (C=O) groups is 1. The second-order valence-electron chi connectivity index (χ2n) is 4.71. The van der Waals surface area contributed by atoms with Gasteiger partial charge in [-0.3, -0.25) is 9.69 Å². The van der Waals surface area contributed by atoms with Crippen molar-refractivity contribution in [1.82, 2.24) is 10.2 Å². The van der Waals surface area contributed by atoms with Gasteiger partial charge in [-0.05, 0) is 53.1 Å². The standard InChI is InChI=1S/C13H13BrN2O2S2/c14-8-4-10(20-7-8)5-11-12(17)16(13(19)15-11)6-9-2-1-3-18-9/h4-5,7,9H,1-3,6H2,(H,15,19)/b11-5+. The Bertz CT molecular complexity index is 579. The monoisotopic (exact) mass is 372 g/mol. The molecular weight excluding hydrogens is 360 g/mol. The third kappa shape index (κ3) is 2.95. The van der Waals surface area contributed by atoms with E-state index < -0.39 is 0 Å². The predicted octanol–water partition coefficient (Wildman–Crippen LogP) is 2.75. The number of hydrogen-bond donors (Lipinski definition) is 1. The van der Waals surface area contributed by atoms with E-state index in [1.165, 1.54) is 0 Å². The molecule has 20 heavy (non-hydrogen) atoms. The van der Waals surface area contributed by atoms with E-state index >= 15 is 0 Å². The molecule has 3 heterocycles. The summed E-state index contributed by atoms with van der Waals surface area (Å²) >= 11 is 10.2. The van der Waals surface area contributed by atoms with E-state index in [2.05, 4.69) is 21.2 Å². The van der Waals surface area contributed by atoms with Crippen LogP contribution in [0.5, 0.6) is 0 Å². The normalized spacial score (nSPS) is 24.8. The highest BCUT2D eigenvalue weighted by Gasteiger charge is 2.33. The van der Waals surface area contributed by atoms with Gasteiger partial charge in [-0.1, -0.05) is 0 Å². The molecule has 2 aliphatic heterocycles. The van der Waals surface area contributed by atoms with Gasteiger partial charge in [0.1, 0.15) is 5.70 Å². The zero-order chi connectivity index (χ0) is 14.1. The van der Waals surface area contributed by atoms with E-state index in [1.54, 1.807) is 16.2 Å². The minimum Gasteiger partial charge on any atom is -0.376 e. The van der Waals surface area contributed by atoms with E-state index in [0.29, 0.717) is 17.4 Å². The number of hydrogen-bond acceptors (Lipinski definition) is 4. The second kappa shape index (κ2) is 5.93. The lowest BCUT2D eigenvalue weighted by Gasteiger charge is -2.18. The molecule has 0 aromatic carbocycles. The van der Waals surface area contributed by atoms with Gasteiger partial charge in [0.05, 0.1) is 12.6 Å². The SMILES string of the molecule is O=C1/C(=C\c2cc(Br)cs2)NC(=S)N1CC1CCCO1. The maximum absolute atomic E-state index is 12.4. The number of rotatable bonds is 3. The van der Waals surface area contributed by atoms with Crippen molar-refractivity contribution in [3.63, 3.8) is 0 Å². The van der Waals surface area contributed by atoms with E-state index in [9.17, 15) is 4.79 Å². The molecule has 1 amide bonds. The van der Waals surface area contributed by atoms with Crippen molar-refractivity contribution in [2.75, 3.05) is 13.2 Å². The fourth-order valence-electron chi connectivity index (χ4n) is 2.28. The first-order valence-corrected chi connectivity index (χ1v) is 8.42. The highest BCUT2D eigenvalue weighted by atomic mass is 79.9. The number of amides is 1. The van der Waals surface area contributed by atoms with Gasteiger partial charge in [0, 0.05) is 21.3 Å². The third-order valence-corrected chi connectivity index (χ3v) is 5.21. The van der Waals surface area contributed by atoms with Crippen molar-refractivity contribution in [1.29, 1.82) is 0 Å². The van der Waals surface area contributed by atoms with Crippen LogP contribution in [-0.4, -0.2) is 35.2 Å². The minimum atomic E-state index is -0.0741. The number of thiocarbonyl (C=S) groups is 1. The minimum absolute atomic E-state index is 0.0741. The summed E-state index contributed by atoms with van der Waals surface area (Å²) in [7, 11) is 0. The Morgan fingerprint density at radius 2 is 2.50 bits per heavy atom. The van der Waals surface area contributed by atoms with Gasteiger partial charge >= 0.3 is 0 Å². The van der Waals surface area contributed by atoms with Gasteiger partial charge in [0.25, 0.3) is 5.91 Å². The molecular formula is C13H13BrN2O2S2. The third-order valence-electron chi connectivity index (χ3n) is 3.25. The molecule has 0 bridgehead atoms. The zero-order valence-corrected chi connectivity index (χ0v) is 13.8. The molecule has 2 fully saturated rings. The van der Waals surface area contributed by atoms with Crippen LogP contribution in [-0.2, 0) is 9.53 Å². The van der Waals surface area contributed by atoms with Crippen LogP contribution in [0, 0.1) is 0 Å². The molecule has 2 saturated heterocycles. The number of thiophene rings is 1. The number of carbonyl (C=O) groups excluding carboxylic acids is 1. The van der Waals surface area contributed by atoms with Gasteiger partial charge < -0.3 is 10.1 Å². The average Bonchev–Trinajstić information content (AvgIpc) is 3.10. The Balaban J connectivity index is 1.74. The lowest BCUT2D eigenvalue weighted by atomic mass is 10.2. The van der Waals surface area contributed by atoms with Crippen LogP contribution in [0.25, 0.3) is 6.08 Å². The summed E-state index contributed by atoms with van der Waals surface area (Å²) < 4.78 is 6.58. The molecule has 4 nitrogen and oxygen atoms in total. The molecule has 0 radical (unpaired) electrons. The smallest absolute Gasteiger partial charge is 0.276 e. The van der Waals surface area contributed by atoms with Gasteiger partial charge in [-0.15, -0.1) is 11.3 Å². The maximum atomic E-state index is 12.4. The van der Waals surface area contributed by atoms with Crippen LogP contribution >= 0.6 is 39.5 Å². The van der Waals surface area contributed by atoms with Crippen LogP contribution in [0.1, 0.15) is 17.7 Å². The number of nitrogens with zero attached hydrogens (tertiary/aromatic N) is 1. The quantitative estimate of drug-likeness (QED) is 0.654. The molecule has 7 heteroatoms. The highest BCUT2D eigenvalue weighted by Crippen LogP contribution is 2.24. The fourth-order valence-corrected chi connectivity index (χ4v) is 3.92. The van der Waals surface area contributed by atoms with Crippen LogP contribution < -0.4 is 5.32 Å². The summed E-state index contributed by atoms with van der Waals surface area (Å²) in [6, 6.07) is 1.97. The summed E-state index contributed by atoms with van der Waals surface area (Å²) in [6.45, 7) is 1.31. The molecule has 1 aromatic rings. The van der Waals surface area contributed by atoms with Gasteiger partial charge in [0.15, 0.2) is 5.11 Å². The Morgan fingerprint density at radius 1 is 1.65 bits per heavy atom. The first-order chi connectivity index (χ1) is 9.63. The van der Waals surface area contributed by atoms with Gasteiger partial charge in [-0.2, -0.15) is 0 Å². The summed E-state index contributed by atoms with van der Waals surface area (Å²) in [6.07, 6.45) is 3.98. The molecule has 1 aromatic heterocycles. The van der Waals surface area contributed by atoms with E-state index in [1.807, 2.05) is 17.5 Å². The van der Waals surface area contributed by atoms with Crippen molar-refractivity contribution in [3.05, 3.63) is 26.5 Å². The van der Waals surface area contributed by atoms with Crippen molar-refractivity contribution in [3.8, 4) is 0 Å². The first-order valence-electron chi connectivity index (χ1n) is 6.33.